The summed E-state index contributed by atoms with van der Waals surface area (Å²) in [5.41, 5.74) is 1.76. The molecule has 0 saturated heterocycles. The molecular formula is C10H13F3N2O2. The lowest BCUT2D eigenvalue weighted by Crippen LogP contribution is -2.58. The average molecular weight is 250 g/mol. The molecule has 0 aromatic carbocycles. The standard InChI is InChI=1S/C10H13F3N2O2/c1-3-17-8(16)9(14,10(11,12)13)7-5-4-6-15(7)2/h4-6H,3,14H2,1-2H3/t9-/m0/s1. The number of hydrogen-bond acceptors (Lipinski definition) is 3. The van der Waals surface area contributed by atoms with E-state index in [1.54, 1.807) is 0 Å². The van der Waals surface area contributed by atoms with Gasteiger partial charge in [-0.25, -0.2) is 4.79 Å². The molecule has 1 rings (SSSR count). The number of esters is 1. The van der Waals surface area contributed by atoms with E-state index in [-0.39, 0.29) is 12.3 Å². The van der Waals surface area contributed by atoms with Crippen LogP contribution < -0.4 is 5.73 Å². The summed E-state index contributed by atoms with van der Waals surface area (Å²) in [5, 5.41) is 0. The van der Waals surface area contributed by atoms with Crippen LogP contribution >= 0.6 is 0 Å². The van der Waals surface area contributed by atoms with Gasteiger partial charge in [0.25, 0.3) is 5.54 Å². The monoisotopic (exact) mass is 250 g/mol. The number of halogens is 3. The predicted octanol–water partition coefficient (Wildman–Crippen LogP) is 1.30. The third-order valence-electron chi connectivity index (χ3n) is 2.39. The number of carbonyl (C=O) groups excluding carboxylic acids is 1. The fourth-order valence-electron chi connectivity index (χ4n) is 1.48. The van der Waals surface area contributed by atoms with Crippen LogP contribution in [0.5, 0.6) is 0 Å². The van der Waals surface area contributed by atoms with E-state index in [4.69, 9.17) is 5.73 Å². The normalized spacial score (nSPS) is 15.4. The summed E-state index contributed by atoms with van der Waals surface area (Å²) in [6, 6.07) is 2.52. The summed E-state index contributed by atoms with van der Waals surface area (Å²) in [6.45, 7) is 1.25. The fraction of sp³-hybridized carbons (Fsp3) is 0.500. The first-order valence-corrected chi connectivity index (χ1v) is 4.89. The van der Waals surface area contributed by atoms with Crippen LogP contribution in [0.4, 0.5) is 13.2 Å². The van der Waals surface area contributed by atoms with E-state index < -0.39 is 17.7 Å². The quantitative estimate of drug-likeness (QED) is 0.823. The minimum atomic E-state index is -4.93. The van der Waals surface area contributed by atoms with Crippen molar-refractivity contribution in [1.29, 1.82) is 0 Å². The Balaban J connectivity index is 3.31. The Labute approximate surface area is 96.2 Å². The molecule has 96 valence electrons. The Morgan fingerprint density at radius 2 is 2.12 bits per heavy atom. The third kappa shape index (κ3) is 2.14. The fourth-order valence-corrected chi connectivity index (χ4v) is 1.48. The lowest BCUT2D eigenvalue weighted by molar-refractivity contribution is -0.209. The highest BCUT2D eigenvalue weighted by molar-refractivity contribution is 5.83. The maximum atomic E-state index is 13.0. The van der Waals surface area contributed by atoms with Gasteiger partial charge in [-0.2, -0.15) is 13.2 Å². The number of rotatable bonds is 3. The molecule has 1 aromatic rings. The Kier molecular flexibility index (Phi) is 3.51. The summed E-state index contributed by atoms with van der Waals surface area (Å²) < 4.78 is 44.5. The van der Waals surface area contributed by atoms with Crippen molar-refractivity contribution in [2.24, 2.45) is 12.8 Å². The first-order chi connectivity index (χ1) is 7.75. The molecule has 0 saturated carbocycles. The third-order valence-corrected chi connectivity index (χ3v) is 2.39. The molecule has 0 fully saturated rings. The molecule has 1 heterocycles. The van der Waals surface area contributed by atoms with E-state index in [1.807, 2.05) is 0 Å². The smallest absolute Gasteiger partial charge is 0.423 e. The molecule has 0 radical (unpaired) electrons. The van der Waals surface area contributed by atoms with Crippen molar-refractivity contribution in [3.05, 3.63) is 24.0 Å². The van der Waals surface area contributed by atoms with Gasteiger partial charge in [-0.15, -0.1) is 0 Å². The Hall–Kier alpha value is -1.50. The number of aryl methyl sites for hydroxylation is 1. The van der Waals surface area contributed by atoms with Crippen LogP contribution in [0.3, 0.4) is 0 Å². The molecule has 0 aliphatic heterocycles. The average Bonchev–Trinajstić information content (AvgIpc) is 2.62. The number of nitrogens with zero attached hydrogens (tertiary/aromatic N) is 1. The van der Waals surface area contributed by atoms with Gasteiger partial charge >= 0.3 is 12.1 Å². The van der Waals surface area contributed by atoms with E-state index in [1.165, 1.54) is 26.2 Å². The number of hydrogen-bond donors (Lipinski definition) is 1. The highest BCUT2D eigenvalue weighted by atomic mass is 19.4. The summed E-state index contributed by atoms with van der Waals surface area (Å²) in [6.07, 6.45) is -3.55. The number of carbonyl (C=O) groups is 1. The van der Waals surface area contributed by atoms with Gasteiger partial charge in [0.15, 0.2) is 0 Å². The molecule has 0 aliphatic rings. The molecule has 0 aliphatic carbocycles. The summed E-state index contributed by atoms with van der Waals surface area (Å²) in [5.74, 6) is -1.51. The zero-order valence-electron chi connectivity index (χ0n) is 9.41. The second-order valence-corrected chi connectivity index (χ2v) is 3.53. The second kappa shape index (κ2) is 4.40. The van der Waals surface area contributed by atoms with Crippen LogP contribution in [0.25, 0.3) is 0 Å². The minimum Gasteiger partial charge on any atom is -0.464 e. The van der Waals surface area contributed by atoms with E-state index in [0.717, 1.165) is 10.6 Å². The lowest BCUT2D eigenvalue weighted by atomic mass is 9.95. The van der Waals surface area contributed by atoms with Gasteiger partial charge in [0.2, 0.25) is 0 Å². The van der Waals surface area contributed by atoms with Crippen molar-refractivity contribution in [3.63, 3.8) is 0 Å². The van der Waals surface area contributed by atoms with Crippen LogP contribution in [-0.2, 0) is 22.1 Å². The number of nitrogens with two attached hydrogens (primary N) is 1. The van der Waals surface area contributed by atoms with Gasteiger partial charge in [0, 0.05) is 13.2 Å². The molecule has 0 amide bonds. The summed E-state index contributed by atoms with van der Waals surface area (Å²) in [4.78, 5) is 11.5. The molecule has 4 nitrogen and oxygen atoms in total. The van der Waals surface area contributed by atoms with E-state index in [9.17, 15) is 18.0 Å². The van der Waals surface area contributed by atoms with Crippen molar-refractivity contribution in [2.75, 3.05) is 6.61 Å². The topological polar surface area (TPSA) is 57.2 Å². The van der Waals surface area contributed by atoms with E-state index >= 15 is 0 Å². The number of ether oxygens (including phenoxy) is 1. The zero-order chi connectivity index (χ0) is 13.3. The van der Waals surface area contributed by atoms with Crippen LogP contribution in [0.2, 0.25) is 0 Å². The Morgan fingerprint density at radius 1 is 1.53 bits per heavy atom. The maximum absolute atomic E-state index is 13.0. The molecule has 1 atom stereocenters. The van der Waals surface area contributed by atoms with Crippen LogP contribution in [0.1, 0.15) is 12.6 Å². The summed E-state index contributed by atoms with van der Waals surface area (Å²) in [7, 11) is 1.38. The Morgan fingerprint density at radius 3 is 2.47 bits per heavy atom. The van der Waals surface area contributed by atoms with Crippen LogP contribution in [0, 0.1) is 0 Å². The molecule has 0 unspecified atom stereocenters. The first-order valence-electron chi connectivity index (χ1n) is 4.89. The van der Waals surface area contributed by atoms with Gasteiger partial charge in [0.05, 0.1) is 12.3 Å². The van der Waals surface area contributed by atoms with Crippen molar-refractivity contribution in [1.82, 2.24) is 4.57 Å². The van der Waals surface area contributed by atoms with E-state index in [2.05, 4.69) is 4.74 Å². The van der Waals surface area contributed by atoms with E-state index in [0.29, 0.717) is 0 Å². The molecule has 2 N–H and O–H groups in total. The van der Waals surface area contributed by atoms with Gasteiger partial charge in [-0.05, 0) is 19.1 Å². The molecule has 1 aromatic heterocycles. The molecule has 0 bridgehead atoms. The van der Waals surface area contributed by atoms with Gasteiger partial charge in [-0.1, -0.05) is 0 Å². The highest BCUT2D eigenvalue weighted by Crippen LogP contribution is 2.37. The lowest BCUT2D eigenvalue weighted by Gasteiger charge is -2.29. The number of aromatic nitrogens is 1. The SMILES string of the molecule is CCOC(=O)[C@@](N)(c1cccn1C)C(F)(F)F. The first kappa shape index (κ1) is 13.6. The van der Waals surface area contributed by atoms with Crippen molar-refractivity contribution >= 4 is 5.97 Å². The molecule has 7 heteroatoms. The maximum Gasteiger partial charge on any atom is 0.423 e. The Bertz CT molecular complexity index is 414. The van der Waals surface area contributed by atoms with Crippen molar-refractivity contribution in [3.8, 4) is 0 Å². The minimum absolute atomic E-state index is 0.168. The van der Waals surface area contributed by atoms with Gasteiger partial charge in [0.1, 0.15) is 0 Å². The van der Waals surface area contributed by atoms with Crippen molar-refractivity contribution < 1.29 is 22.7 Å². The van der Waals surface area contributed by atoms with Crippen molar-refractivity contribution in [2.45, 2.75) is 18.6 Å². The second-order valence-electron chi connectivity index (χ2n) is 3.53. The largest absolute Gasteiger partial charge is 0.464 e. The zero-order valence-corrected chi connectivity index (χ0v) is 9.41. The molecular weight excluding hydrogens is 237 g/mol. The summed E-state index contributed by atoms with van der Waals surface area (Å²) >= 11 is 0. The van der Waals surface area contributed by atoms with Crippen LogP contribution in [0.15, 0.2) is 18.3 Å². The number of alkyl halides is 3. The van der Waals surface area contributed by atoms with Crippen LogP contribution in [-0.4, -0.2) is 23.3 Å². The molecule has 17 heavy (non-hydrogen) atoms. The van der Waals surface area contributed by atoms with Gasteiger partial charge in [-0.3, -0.25) is 0 Å². The van der Waals surface area contributed by atoms with Gasteiger partial charge < -0.3 is 15.0 Å². The predicted molar refractivity (Wildman–Crippen MR) is 54.0 cm³/mol. The highest BCUT2D eigenvalue weighted by Gasteiger charge is 2.61. The molecule has 0 spiro atoms.